The van der Waals surface area contributed by atoms with Crippen molar-refractivity contribution in [3.63, 3.8) is 0 Å². The molecule has 1 aromatic heterocycles. The van der Waals surface area contributed by atoms with E-state index < -0.39 is 11.0 Å². The van der Waals surface area contributed by atoms with Crippen LogP contribution in [0.3, 0.4) is 0 Å². The van der Waals surface area contributed by atoms with Crippen molar-refractivity contribution in [1.29, 1.82) is 0 Å². The summed E-state index contributed by atoms with van der Waals surface area (Å²) in [5, 5.41) is 0. The van der Waals surface area contributed by atoms with Crippen molar-refractivity contribution < 1.29 is 23.9 Å². The molecule has 2 saturated heterocycles. The zero-order valence-electron chi connectivity index (χ0n) is 16.9. The van der Waals surface area contributed by atoms with Crippen LogP contribution in [-0.2, 0) is 25.3 Å². The van der Waals surface area contributed by atoms with E-state index in [0.29, 0.717) is 38.2 Å². The Hall–Kier alpha value is -3.42. The van der Waals surface area contributed by atoms with E-state index in [0.717, 1.165) is 29.7 Å². The van der Waals surface area contributed by atoms with E-state index in [1.165, 1.54) is 6.20 Å². The van der Waals surface area contributed by atoms with Crippen molar-refractivity contribution in [3.8, 4) is 0 Å². The molecule has 0 N–H and O–H groups in total. The predicted octanol–water partition coefficient (Wildman–Crippen LogP) is 2.37. The van der Waals surface area contributed by atoms with E-state index in [4.69, 9.17) is 9.47 Å². The van der Waals surface area contributed by atoms with Gasteiger partial charge in [-0.3, -0.25) is 14.7 Å². The van der Waals surface area contributed by atoms with Crippen molar-refractivity contribution in [1.82, 2.24) is 9.88 Å². The first kappa shape index (κ1) is 18.4. The summed E-state index contributed by atoms with van der Waals surface area (Å²) in [6.45, 7) is 1.85. The first-order valence-corrected chi connectivity index (χ1v) is 10.5. The Morgan fingerprint density at radius 2 is 1.84 bits per heavy atom. The minimum atomic E-state index is -0.763. The van der Waals surface area contributed by atoms with Crippen LogP contribution in [0.15, 0.2) is 42.7 Å². The standard InChI is InChI=1S/C23H21N3O5/c27-19-17-13-24-9-5-18(17)23(31-19)8-10-25(14-23)20(28)22(6-7-22)15-1-3-16(4-2-15)26-11-12-30-21(26)29/h1-5,9,13H,6-8,10-12,14H2/t23-/m0/s1. The highest BCUT2D eigenvalue weighted by Crippen LogP contribution is 2.52. The molecule has 1 atom stereocenters. The highest BCUT2D eigenvalue weighted by Gasteiger charge is 2.57. The number of ether oxygens (including phenoxy) is 2. The average Bonchev–Trinajstić information content (AvgIpc) is 3.18. The van der Waals surface area contributed by atoms with Crippen molar-refractivity contribution in [3.05, 3.63) is 59.4 Å². The van der Waals surface area contributed by atoms with Crippen LogP contribution >= 0.6 is 0 Å². The van der Waals surface area contributed by atoms with Crippen LogP contribution in [0.4, 0.5) is 10.5 Å². The lowest BCUT2D eigenvalue weighted by molar-refractivity contribution is -0.134. The van der Waals surface area contributed by atoms with Crippen molar-refractivity contribution in [2.24, 2.45) is 0 Å². The van der Waals surface area contributed by atoms with E-state index in [1.54, 1.807) is 11.1 Å². The Bertz CT molecular complexity index is 1110. The molecule has 158 valence electrons. The Labute approximate surface area is 178 Å². The molecule has 0 radical (unpaired) electrons. The molecular formula is C23H21N3O5. The maximum Gasteiger partial charge on any atom is 0.414 e. The number of fused-ring (bicyclic) bond motifs is 2. The molecule has 1 aliphatic carbocycles. The van der Waals surface area contributed by atoms with Gasteiger partial charge >= 0.3 is 12.1 Å². The number of esters is 1. The Morgan fingerprint density at radius 3 is 2.55 bits per heavy atom. The molecule has 4 heterocycles. The molecule has 2 aromatic rings. The number of carbonyl (C=O) groups excluding carboxylic acids is 3. The third kappa shape index (κ3) is 2.60. The first-order chi connectivity index (χ1) is 15.0. The van der Waals surface area contributed by atoms with Gasteiger partial charge in [-0.05, 0) is 36.6 Å². The Morgan fingerprint density at radius 1 is 1.03 bits per heavy atom. The monoisotopic (exact) mass is 419 g/mol. The van der Waals surface area contributed by atoms with Gasteiger partial charge < -0.3 is 14.4 Å². The van der Waals surface area contributed by atoms with Crippen LogP contribution in [0.5, 0.6) is 0 Å². The summed E-state index contributed by atoms with van der Waals surface area (Å²) >= 11 is 0. The zero-order chi connectivity index (χ0) is 21.2. The van der Waals surface area contributed by atoms with Crippen LogP contribution < -0.4 is 4.90 Å². The van der Waals surface area contributed by atoms with Gasteiger partial charge in [0.2, 0.25) is 5.91 Å². The van der Waals surface area contributed by atoms with Gasteiger partial charge in [0.15, 0.2) is 5.60 Å². The molecule has 0 bridgehead atoms. The normalized spacial score (nSPS) is 25.5. The average molecular weight is 419 g/mol. The third-order valence-corrected chi connectivity index (χ3v) is 6.99. The number of cyclic esters (lactones) is 1. The summed E-state index contributed by atoms with van der Waals surface area (Å²) in [7, 11) is 0. The molecule has 31 heavy (non-hydrogen) atoms. The van der Waals surface area contributed by atoms with Gasteiger partial charge in [-0.25, -0.2) is 9.59 Å². The van der Waals surface area contributed by atoms with Gasteiger partial charge in [0.1, 0.15) is 6.61 Å². The number of rotatable bonds is 3. The molecule has 1 saturated carbocycles. The molecule has 6 rings (SSSR count). The number of carbonyl (C=O) groups is 3. The van der Waals surface area contributed by atoms with Crippen LogP contribution in [0, 0.1) is 0 Å². The van der Waals surface area contributed by atoms with Gasteiger partial charge in [0.25, 0.3) is 0 Å². The molecule has 8 nitrogen and oxygen atoms in total. The Kier molecular flexibility index (Phi) is 3.73. The number of nitrogens with zero attached hydrogens (tertiary/aromatic N) is 3. The summed E-state index contributed by atoms with van der Waals surface area (Å²) < 4.78 is 10.8. The number of hydrogen-bond acceptors (Lipinski definition) is 6. The fourth-order valence-electron chi connectivity index (χ4n) is 5.14. The zero-order valence-corrected chi connectivity index (χ0v) is 16.9. The summed E-state index contributed by atoms with van der Waals surface area (Å²) in [5.41, 5.74) is 1.77. The number of amides is 2. The molecular weight excluding hydrogens is 398 g/mol. The van der Waals surface area contributed by atoms with Crippen LogP contribution in [0.1, 0.15) is 40.7 Å². The minimum Gasteiger partial charge on any atom is -0.449 e. The smallest absolute Gasteiger partial charge is 0.414 e. The molecule has 3 fully saturated rings. The SMILES string of the molecule is O=C1O[C@]2(CCN(C(=O)C3(c4ccc(N5CCOC5=O)cc4)CC3)C2)c2ccncc21. The van der Waals surface area contributed by atoms with Gasteiger partial charge in [-0.2, -0.15) is 0 Å². The predicted molar refractivity (Wildman–Crippen MR) is 109 cm³/mol. The van der Waals surface area contributed by atoms with Crippen LogP contribution in [0.2, 0.25) is 0 Å². The lowest BCUT2D eigenvalue weighted by atomic mass is 9.92. The van der Waals surface area contributed by atoms with Crippen LogP contribution in [0.25, 0.3) is 0 Å². The lowest BCUT2D eigenvalue weighted by Gasteiger charge is -2.27. The van der Waals surface area contributed by atoms with E-state index >= 15 is 0 Å². The maximum atomic E-state index is 13.5. The highest BCUT2D eigenvalue weighted by atomic mass is 16.6. The number of anilines is 1. The van der Waals surface area contributed by atoms with Gasteiger partial charge in [-0.1, -0.05) is 12.1 Å². The second-order valence-electron chi connectivity index (χ2n) is 8.68. The van der Waals surface area contributed by atoms with Crippen molar-refractivity contribution >= 4 is 23.7 Å². The number of pyridine rings is 1. The van der Waals surface area contributed by atoms with Crippen molar-refractivity contribution in [2.45, 2.75) is 30.3 Å². The molecule has 2 amide bonds. The molecule has 1 spiro atoms. The summed E-state index contributed by atoms with van der Waals surface area (Å²) in [6.07, 6.45) is 5.04. The van der Waals surface area contributed by atoms with Crippen molar-refractivity contribution in [2.75, 3.05) is 31.1 Å². The lowest BCUT2D eigenvalue weighted by Crippen LogP contribution is -2.40. The minimum absolute atomic E-state index is 0.0799. The second kappa shape index (κ2) is 6.29. The number of hydrogen-bond donors (Lipinski definition) is 0. The largest absolute Gasteiger partial charge is 0.449 e. The summed E-state index contributed by atoms with van der Waals surface area (Å²) in [5.74, 6) is -0.286. The fraction of sp³-hybridized carbons (Fsp3) is 0.391. The van der Waals surface area contributed by atoms with Gasteiger partial charge in [0.05, 0.1) is 24.1 Å². The molecule has 3 aliphatic heterocycles. The molecule has 4 aliphatic rings. The summed E-state index contributed by atoms with van der Waals surface area (Å²) in [6, 6.07) is 9.46. The molecule has 0 unspecified atom stereocenters. The summed E-state index contributed by atoms with van der Waals surface area (Å²) in [4.78, 5) is 45.1. The Balaban J connectivity index is 1.23. The molecule has 1 aromatic carbocycles. The van der Waals surface area contributed by atoms with E-state index in [2.05, 4.69) is 4.98 Å². The van der Waals surface area contributed by atoms with Crippen LogP contribution in [-0.4, -0.2) is 54.1 Å². The highest BCUT2D eigenvalue weighted by molar-refractivity contribution is 5.96. The maximum absolute atomic E-state index is 13.5. The van der Waals surface area contributed by atoms with E-state index in [1.807, 2.05) is 35.2 Å². The first-order valence-electron chi connectivity index (χ1n) is 10.5. The van der Waals surface area contributed by atoms with E-state index in [-0.39, 0.29) is 18.0 Å². The number of aromatic nitrogens is 1. The number of benzene rings is 1. The van der Waals surface area contributed by atoms with E-state index in [9.17, 15) is 14.4 Å². The topological polar surface area (TPSA) is 89.0 Å². The fourth-order valence-corrected chi connectivity index (χ4v) is 5.14. The number of likely N-dealkylation sites (tertiary alicyclic amines) is 1. The van der Waals surface area contributed by atoms with Gasteiger partial charge in [0, 0.05) is 36.6 Å². The quantitative estimate of drug-likeness (QED) is 0.710. The second-order valence-corrected chi connectivity index (χ2v) is 8.68. The molecule has 8 heteroatoms. The third-order valence-electron chi connectivity index (χ3n) is 6.99. The van der Waals surface area contributed by atoms with Gasteiger partial charge in [-0.15, -0.1) is 0 Å².